The van der Waals surface area contributed by atoms with E-state index < -0.39 is 16.6 Å². The predicted molar refractivity (Wildman–Crippen MR) is 131 cm³/mol. The molecule has 1 unspecified atom stereocenters. The molecule has 1 atom stereocenters. The average Bonchev–Trinajstić information content (AvgIpc) is 2.78. The molecule has 9 heteroatoms. The summed E-state index contributed by atoms with van der Waals surface area (Å²) in [5, 5.41) is 1.74. The Morgan fingerprint density at radius 3 is 2.33 bits per heavy atom. The summed E-state index contributed by atoms with van der Waals surface area (Å²) in [6.07, 6.45) is -0.346. The number of aromatic amines is 1. The number of aromatic nitrogens is 1. The van der Waals surface area contributed by atoms with E-state index in [2.05, 4.69) is 4.98 Å². The molecule has 33 heavy (non-hydrogen) atoms. The molecule has 174 valence electrons. The van der Waals surface area contributed by atoms with Gasteiger partial charge >= 0.3 is 6.09 Å². The van der Waals surface area contributed by atoms with Gasteiger partial charge in [0.05, 0.1) is 4.90 Å². The Labute approximate surface area is 199 Å². The number of rotatable bonds is 3. The summed E-state index contributed by atoms with van der Waals surface area (Å²) in [4.78, 5) is 29.9. The second-order valence-electron chi connectivity index (χ2n) is 8.88. The molecule has 7 nitrogen and oxygen atoms in total. The van der Waals surface area contributed by atoms with Crippen LogP contribution >= 0.6 is 11.6 Å². The van der Waals surface area contributed by atoms with E-state index in [0.29, 0.717) is 52.6 Å². The van der Waals surface area contributed by atoms with E-state index >= 15 is 0 Å². The summed E-state index contributed by atoms with van der Waals surface area (Å²) in [5.74, 6) is 0. The molecule has 1 saturated heterocycles. The molecule has 1 aliphatic rings. The number of H-pyrrole nitrogens is 1. The number of benzene rings is 2. The Kier molecular flexibility index (Phi) is 6.61. The van der Waals surface area contributed by atoms with Crippen LogP contribution in [0.25, 0.3) is 22.0 Å². The minimum absolute atomic E-state index is 0.208. The monoisotopic (exact) mass is 487 g/mol. The first kappa shape index (κ1) is 23.5. The highest BCUT2D eigenvalue weighted by Crippen LogP contribution is 2.26. The lowest BCUT2D eigenvalue weighted by molar-refractivity contribution is 0.0195. The number of hydrogen-bond donors (Lipinski definition) is 1. The normalized spacial score (nSPS) is 16.1. The molecular formula is C24H26ClN3O4S. The number of piperazine rings is 1. The van der Waals surface area contributed by atoms with Crippen LogP contribution in [0.15, 0.2) is 58.2 Å². The molecule has 1 N–H and O–H groups in total. The Balaban J connectivity index is 1.45. The van der Waals surface area contributed by atoms with Gasteiger partial charge in [-0.1, -0.05) is 29.8 Å². The van der Waals surface area contributed by atoms with E-state index in [9.17, 15) is 13.8 Å². The lowest BCUT2D eigenvalue weighted by atomic mass is 10.1. The van der Waals surface area contributed by atoms with Crippen LogP contribution in [-0.2, 0) is 15.7 Å². The highest BCUT2D eigenvalue weighted by molar-refractivity contribution is 7.82. The third kappa shape index (κ3) is 5.29. The van der Waals surface area contributed by atoms with Crippen molar-refractivity contribution in [1.29, 1.82) is 0 Å². The Bertz CT molecular complexity index is 1260. The molecule has 0 radical (unpaired) electrons. The zero-order valence-electron chi connectivity index (χ0n) is 18.8. The largest absolute Gasteiger partial charge is 0.444 e. The van der Waals surface area contributed by atoms with Crippen LogP contribution in [0.4, 0.5) is 4.79 Å². The molecule has 2 aromatic carbocycles. The molecule has 1 aromatic heterocycles. The van der Waals surface area contributed by atoms with Crippen molar-refractivity contribution >= 4 is 39.5 Å². The van der Waals surface area contributed by atoms with Crippen LogP contribution in [0.5, 0.6) is 0 Å². The smallest absolute Gasteiger partial charge is 0.410 e. The van der Waals surface area contributed by atoms with Gasteiger partial charge in [-0.3, -0.25) is 4.79 Å². The summed E-state index contributed by atoms with van der Waals surface area (Å²) >= 11 is 6.27. The van der Waals surface area contributed by atoms with Crippen molar-refractivity contribution in [3.05, 3.63) is 63.9 Å². The lowest BCUT2D eigenvalue weighted by Gasteiger charge is -2.34. The van der Waals surface area contributed by atoms with E-state index in [1.165, 1.54) is 0 Å². The maximum absolute atomic E-state index is 13.1. The van der Waals surface area contributed by atoms with Crippen molar-refractivity contribution in [2.24, 2.45) is 0 Å². The highest BCUT2D eigenvalue weighted by atomic mass is 35.5. The van der Waals surface area contributed by atoms with Crippen molar-refractivity contribution in [3.8, 4) is 11.3 Å². The number of amides is 1. The fraction of sp³-hybridized carbons (Fsp3) is 0.333. The first-order valence-electron chi connectivity index (χ1n) is 10.7. The number of nitrogens with zero attached hydrogens (tertiary/aromatic N) is 2. The van der Waals surface area contributed by atoms with Gasteiger partial charge in [-0.05, 0) is 56.7 Å². The number of halogens is 1. The lowest BCUT2D eigenvalue weighted by Crippen LogP contribution is -2.50. The number of carbonyl (C=O) groups excluding carboxylic acids is 1. The molecule has 0 aliphatic carbocycles. The Hall–Kier alpha value is -2.68. The summed E-state index contributed by atoms with van der Waals surface area (Å²) < 4.78 is 20.3. The highest BCUT2D eigenvalue weighted by Gasteiger charge is 2.28. The van der Waals surface area contributed by atoms with E-state index in [0.717, 1.165) is 5.56 Å². The van der Waals surface area contributed by atoms with Gasteiger partial charge in [-0.25, -0.2) is 13.3 Å². The summed E-state index contributed by atoms with van der Waals surface area (Å²) in [5.41, 5.74) is 0.688. The van der Waals surface area contributed by atoms with Crippen LogP contribution in [0.2, 0.25) is 5.02 Å². The zero-order valence-corrected chi connectivity index (χ0v) is 20.3. The fourth-order valence-electron chi connectivity index (χ4n) is 3.67. The topological polar surface area (TPSA) is 82.7 Å². The average molecular weight is 488 g/mol. The fourth-order valence-corrected chi connectivity index (χ4v) is 5.06. The van der Waals surface area contributed by atoms with Crippen molar-refractivity contribution in [2.45, 2.75) is 31.3 Å². The SMILES string of the molecule is CC(C)(C)OC(=O)N1CCN(S(=O)c2ccc(-c3cc4c(Cl)cccc4c(=O)[nH]3)cc2)CC1. The zero-order chi connectivity index (χ0) is 23.8. The van der Waals surface area contributed by atoms with E-state index in [-0.39, 0.29) is 11.7 Å². The van der Waals surface area contributed by atoms with Crippen molar-refractivity contribution in [3.63, 3.8) is 0 Å². The van der Waals surface area contributed by atoms with E-state index in [1.54, 1.807) is 35.2 Å². The molecule has 0 bridgehead atoms. The van der Waals surface area contributed by atoms with Crippen LogP contribution in [-0.4, -0.2) is 56.3 Å². The Morgan fingerprint density at radius 2 is 1.70 bits per heavy atom. The number of carbonyl (C=O) groups is 1. The number of hydrogen-bond acceptors (Lipinski definition) is 4. The second kappa shape index (κ2) is 9.29. The van der Waals surface area contributed by atoms with Gasteiger partial charge in [0.2, 0.25) is 0 Å². The van der Waals surface area contributed by atoms with Crippen LogP contribution < -0.4 is 5.56 Å². The number of pyridine rings is 1. The molecule has 0 saturated carbocycles. The first-order chi connectivity index (χ1) is 15.6. The predicted octanol–water partition coefficient (Wildman–Crippen LogP) is 4.42. The van der Waals surface area contributed by atoms with Gasteiger partial charge in [-0.15, -0.1) is 0 Å². The third-order valence-electron chi connectivity index (χ3n) is 5.33. The molecule has 1 fully saturated rings. The molecule has 3 aromatic rings. The molecule has 2 heterocycles. The van der Waals surface area contributed by atoms with Gasteiger partial charge in [-0.2, -0.15) is 0 Å². The van der Waals surface area contributed by atoms with Crippen LogP contribution in [0.1, 0.15) is 20.8 Å². The van der Waals surface area contributed by atoms with Gasteiger partial charge in [0.25, 0.3) is 5.56 Å². The second-order valence-corrected chi connectivity index (χ2v) is 10.8. The van der Waals surface area contributed by atoms with E-state index in [4.69, 9.17) is 16.3 Å². The molecule has 0 spiro atoms. The Morgan fingerprint density at radius 1 is 1.03 bits per heavy atom. The van der Waals surface area contributed by atoms with Gasteiger partial charge < -0.3 is 14.6 Å². The molecule has 1 aliphatic heterocycles. The minimum atomic E-state index is -1.35. The van der Waals surface area contributed by atoms with Crippen molar-refractivity contribution in [1.82, 2.24) is 14.2 Å². The summed E-state index contributed by atoms with van der Waals surface area (Å²) in [6, 6.07) is 14.3. The summed E-state index contributed by atoms with van der Waals surface area (Å²) in [7, 11) is -1.35. The maximum atomic E-state index is 13.1. The molecule has 4 rings (SSSR count). The first-order valence-corrected chi connectivity index (χ1v) is 12.2. The summed E-state index contributed by atoms with van der Waals surface area (Å²) in [6.45, 7) is 7.40. The van der Waals surface area contributed by atoms with Gasteiger partial charge in [0, 0.05) is 47.7 Å². The molecule has 1 amide bonds. The van der Waals surface area contributed by atoms with Gasteiger partial charge in [0.15, 0.2) is 0 Å². The third-order valence-corrected chi connectivity index (χ3v) is 7.17. The quantitative estimate of drug-likeness (QED) is 0.592. The number of nitrogens with one attached hydrogen (secondary N) is 1. The van der Waals surface area contributed by atoms with Crippen molar-refractivity contribution < 1.29 is 13.7 Å². The number of ether oxygens (including phenoxy) is 1. The van der Waals surface area contributed by atoms with Crippen LogP contribution in [0.3, 0.4) is 0 Å². The molecular weight excluding hydrogens is 462 g/mol. The van der Waals surface area contributed by atoms with Gasteiger partial charge in [0.1, 0.15) is 16.6 Å². The maximum Gasteiger partial charge on any atom is 0.410 e. The number of fused-ring (bicyclic) bond motifs is 1. The standard InChI is InChI=1S/C24H26ClN3O4S/c1-24(2,3)32-23(30)27-11-13-28(14-12-27)33(31)17-9-7-16(8-10-17)21-15-19-18(22(29)26-21)5-4-6-20(19)25/h4-10,15H,11-14H2,1-3H3,(H,26,29). The van der Waals surface area contributed by atoms with E-state index in [1.807, 2.05) is 43.3 Å². The van der Waals surface area contributed by atoms with Crippen molar-refractivity contribution in [2.75, 3.05) is 26.2 Å². The minimum Gasteiger partial charge on any atom is -0.444 e. The van der Waals surface area contributed by atoms with Crippen LogP contribution in [0, 0.1) is 0 Å².